The summed E-state index contributed by atoms with van der Waals surface area (Å²) in [5, 5.41) is 2.96. The molecule has 1 heterocycles. The molecule has 14 heavy (non-hydrogen) atoms. The van der Waals surface area contributed by atoms with E-state index in [9.17, 15) is 4.79 Å². The van der Waals surface area contributed by atoms with Crippen LogP contribution in [0.3, 0.4) is 0 Å². The Hall–Kier alpha value is -1.85. The molecular formula is C8H13N5O. The van der Waals surface area contributed by atoms with E-state index in [4.69, 9.17) is 11.5 Å². The van der Waals surface area contributed by atoms with Crippen molar-refractivity contribution >= 4 is 17.4 Å². The van der Waals surface area contributed by atoms with Crippen molar-refractivity contribution < 1.29 is 4.79 Å². The second-order valence-corrected chi connectivity index (χ2v) is 3.04. The van der Waals surface area contributed by atoms with Gasteiger partial charge in [0, 0.05) is 12.5 Å². The summed E-state index contributed by atoms with van der Waals surface area (Å²) in [5.74, 6) is 0.159. The average molecular weight is 195 g/mol. The molecule has 1 rings (SSSR count). The molecule has 5 N–H and O–H groups in total. The van der Waals surface area contributed by atoms with Crippen molar-refractivity contribution in [3.8, 4) is 0 Å². The van der Waals surface area contributed by atoms with E-state index < -0.39 is 0 Å². The number of nitrogens with one attached hydrogen (secondary N) is 1. The number of anilines is 2. The number of hydrogen-bond donors (Lipinski definition) is 3. The molecule has 0 spiro atoms. The molecule has 1 aromatic heterocycles. The first-order valence-electron chi connectivity index (χ1n) is 4.20. The molecule has 0 radical (unpaired) electrons. The lowest BCUT2D eigenvalue weighted by Crippen LogP contribution is -2.24. The molecule has 0 aliphatic rings. The molecule has 0 aliphatic heterocycles. The third kappa shape index (κ3) is 2.89. The Morgan fingerprint density at radius 3 is 3.00 bits per heavy atom. The van der Waals surface area contributed by atoms with Crippen molar-refractivity contribution in [3.05, 3.63) is 12.5 Å². The number of nitrogens with two attached hydrogens (primary N) is 2. The number of primary amides is 1. The van der Waals surface area contributed by atoms with Crippen molar-refractivity contribution in [2.24, 2.45) is 5.73 Å². The first-order chi connectivity index (χ1) is 6.59. The highest BCUT2D eigenvalue weighted by molar-refractivity contribution is 5.75. The van der Waals surface area contributed by atoms with Crippen LogP contribution in [-0.2, 0) is 4.79 Å². The zero-order valence-corrected chi connectivity index (χ0v) is 7.90. The van der Waals surface area contributed by atoms with Gasteiger partial charge in [-0.3, -0.25) is 4.79 Å². The SMILES string of the molecule is CC(CC(N)=O)Nc1ncncc1N. The average Bonchev–Trinajstić information content (AvgIpc) is 2.07. The maximum atomic E-state index is 10.6. The van der Waals surface area contributed by atoms with E-state index in [1.165, 1.54) is 12.5 Å². The Morgan fingerprint density at radius 2 is 2.43 bits per heavy atom. The summed E-state index contributed by atoms with van der Waals surface area (Å²) in [6.45, 7) is 1.83. The third-order valence-electron chi connectivity index (χ3n) is 1.63. The van der Waals surface area contributed by atoms with Gasteiger partial charge in [-0.1, -0.05) is 0 Å². The van der Waals surface area contributed by atoms with Crippen LogP contribution in [0, 0.1) is 0 Å². The zero-order valence-electron chi connectivity index (χ0n) is 7.90. The van der Waals surface area contributed by atoms with Gasteiger partial charge >= 0.3 is 0 Å². The predicted octanol–water partition coefficient (Wildman–Crippen LogP) is -0.265. The largest absolute Gasteiger partial charge is 0.394 e. The lowest BCUT2D eigenvalue weighted by molar-refractivity contribution is -0.118. The molecule has 0 bridgehead atoms. The highest BCUT2D eigenvalue weighted by Crippen LogP contribution is 2.13. The van der Waals surface area contributed by atoms with Gasteiger partial charge in [-0.2, -0.15) is 0 Å². The standard InChI is InChI=1S/C8H13N5O/c1-5(2-7(10)14)13-8-6(9)3-11-4-12-8/h3-5H,2,9H2,1H3,(H2,10,14)(H,11,12,13). The number of rotatable bonds is 4. The van der Waals surface area contributed by atoms with Crippen molar-refractivity contribution in [2.45, 2.75) is 19.4 Å². The minimum absolute atomic E-state index is 0.0929. The van der Waals surface area contributed by atoms with Crippen LogP contribution in [0.25, 0.3) is 0 Å². The predicted molar refractivity (Wildman–Crippen MR) is 53.3 cm³/mol. The van der Waals surface area contributed by atoms with E-state index in [1.54, 1.807) is 0 Å². The van der Waals surface area contributed by atoms with Crippen molar-refractivity contribution in [1.29, 1.82) is 0 Å². The Bertz CT molecular complexity index is 327. The number of aromatic nitrogens is 2. The number of nitrogens with zero attached hydrogens (tertiary/aromatic N) is 2. The fourth-order valence-electron chi connectivity index (χ4n) is 1.05. The Balaban J connectivity index is 2.60. The summed E-state index contributed by atoms with van der Waals surface area (Å²) >= 11 is 0. The van der Waals surface area contributed by atoms with E-state index >= 15 is 0 Å². The zero-order chi connectivity index (χ0) is 10.6. The van der Waals surface area contributed by atoms with Crippen LogP contribution in [0.1, 0.15) is 13.3 Å². The Labute approximate surface area is 81.7 Å². The normalized spacial score (nSPS) is 12.1. The summed E-state index contributed by atoms with van der Waals surface area (Å²) in [6, 6.07) is -0.0929. The molecule has 0 aromatic carbocycles. The highest BCUT2D eigenvalue weighted by atomic mass is 16.1. The molecule has 1 unspecified atom stereocenters. The Kier molecular flexibility index (Phi) is 3.22. The van der Waals surface area contributed by atoms with Gasteiger partial charge in [0.2, 0.25) is 5.91 Å². The van der Waals surface area contributed by atoms with Crippen molar-refractivity contribution in [1.82, 2.24) is 9.97 Å². The van der Waals surface area contributed by atoms with Crippen LogP contribution in [-0.4, -0.2) is 21.9 Å². The number of carbonyl (C=O) groups excluding carboxylic acids is 1. The summed E-state index contributed by atoms with van der Waals surface area (Å²) < 4.78 is 0. The van der Waals surface area contributed by atoms with Gasteiger partial charge in [-0.15, -0.1) is 0 Å². The summed E-state index contributed by atoms with van der Waals surface area (Å²) in [5.41, 5.74) is 11.1. The van der Waals surface area contributed by atoms with Gasteiger partial charge in [0.25, 0.3) is 0 Å². The minimum Gasteiger partial charge on any atom is -0.394 e. The number of amides is 1. The second-order valence-electron chi connectivity index (χ2n) is 3.04. The molecule has 0 saturated heterocycles. The van der Waals surface area contributed by atoms with Gasteiger partial charge in [0.05, 0.1) is 11.9 Å². The third-order valence-corrected chi connectivity index (χ3v) is 1.63. The second kappa shape index (κ2) is 4.40. The summed E-state index contributed by atoms with van der Waals surface area (Å²) in [6.07, 6.45) is 3.12. The molecule has 0 aliphatic carbocycles. The van der Waals surface area contributed by atoms with E-state index in [2.05, 4.69) is 15.3 Å². The summed E-state index contributed by atoms with van der Waals surface area (Å²) in [4.78, 5) is 18.3. The molecule has 6 heteroatoms. The number of carbonyl (C=O) groups is 1. The fraction of sp³-hybridized carbons (Fsp3) is 0.375. The maximum Gasteiger partial charge on any atom is 0.219 e. The molecule has 0 fully saturated rings. The maximum absolute atomic E-state index is 10.6. The molecule has 76 valence electrons. The van der Waals surface area contributed by atoms with E-state index in [0.717, 1.165) is 0 Å². The lowest BCUT2D eigenvalue weighted by Gasteiger charge is -2.13. The van der Waals surface area contributed by atoms with E-state index in [1.807, 2.05) is 6.92 Å². The number of nitrogen functional groups attached to an aromatic ring is 1. The number of hydrogen-bond acceptors (Lipinski definition) is 5. The van der Waals surface area contributed by atoms with Crippen LogP contribution in [0.5, 0.6) is 0 Å². The van der Waals surface area contributed by atoms with Crippen molar-refractivity contribution in [3.63, 3.8) is 0 Å². The van der Waals surface area contributed by atoms with Crippen LogP contribution < -0.4 is 16.8 Å². The van der Waals surface area contributed by atoms with Crippen LogP contribution >= 0.6 is 0 Å². The molecule has 6 nitrogen and oxygen atoms in total. The topological polar surface area (TPSA) is 107 Å². The molecule has 1 atom stereocenters. The lowest BCUT2D eigenvalue weighted by atomic mass is 10.2. The van der Waals surface area contributed by atoms with Crippen LogP contribution in [0.4, 0.5) is 11.5 Å². The van der Waals surface area contributed by atoms with Crippen LogP contribution in [0.2, 0.25) is 0 Å². The smallest absolute Gasteiger partial charge is 0.219 e. The first-order valence-corrected chi connectivity index (χ1v) is 4.20. The van der Waals surface area contributed by atoms with Crippen molar-refractivity contribution in [2.75, 3.05) is 11.1 Å². The molecule has 1 aromatic rings. The highest BCUT2D eigenvalue weighted by Gasteiger charge is 2.07. The summed E-state index contributed by atoms with van der Waals surface area (Å²) in [7, 11) is 0. The van der Waals surface area contributed by atoms with E-state index in [-0.39, 0.29) is 18.4 Å². The Morgan fingerprint density at radius 1 is 1.71 bits per heavy atom. The quantitative estimate of drug-likeness (QED) is 0.613. The molecule has 1 amide bonds. The monoisotopic (exact) mass is 195 g/mol. The van der Waals surface area contributed by atoms with Gasteiger partial charge in [-0.05, 0) is 6.92 Å². The fourth-order valence-corrected chi connectivity index (χ4v) is 1.05. The van der Waals surface area contributed by atoms with Crippen LogP contribution in [0.15, 0.2) is 12.5 Å². The van der Waals surface area contributed by atoms with Gasteiger partial charge < -0.3 is 16.8 Å². The van der Waals surface area contributed by atoms with Gasteiger partial charge in [-0.25, -0.2) is 9.97 Å². The van der Waals surface area contributed by atoms with E-state index in [0.29, 0.717) is 11.5 Å². The van der Waals surface area contributed by atoms with Gasteiger partial charge in [0.1, 0.15) is 6.33 Å². The first kappa shape index (κ1) is 10.2. The van der Waals surface area contributed by atoms with Gasteiger partial charge in [0.15, 0.2) is 5.82 Å². The molecule has 0 saturated carbocycles. The minimum atomic E-state index is -0.363. The molecular weight excluding hydrogens is 182 g/mol.